The average Bonchev–Trinajstić information content (AvgIpc) is 3.68. The summed E-state index contributed by atoms with van der Waals surface area (Å²) >= 11 is 1.32. The van der Waals surface area contributed by atoms with E-state index in [0.29, 0.717) is 65.4 Å². The van der Waals surface area contributed by atoms with Crippen molar-refractivity contribution in [2.24, 2.45) is 0 Å². The Bertz CT molecular complexity index is 1690. The summed E-state index contributed by atoms with van der Waals surface area (Å²) in [4.78, 5) is 40.2. The number of nitrogens with zero attached hydrogens (tertiary/aromatic N) is 5. The molecule has 0 radical (unpaired) electrons. The topological polar surface area (TPSA) is 117 Å². The number of β-amino-alcohol motifs (C(OH)–C–C–N with tert-alkyl or cyclic N) is 1. The molecule has 0 bridgehead atoms. The van der Waals surface area contributed by atoms with Crippen LogP contribution in [0.15, 0.2) is 71.3 Å². The van der Waals surface area contributed by atoms with Crippen LogP contribution in [-0.4, -0.2) is 69.1 Å². The maximum Gasteiger partial charge on any atom is 0.268 e. The van der Waals surface area contributed by atoms with Gasteiger partial charge in [-0.05, 0) is 42.5 Å². The fraction of sp³-hybridized carbons (Fsp3) is 0.241. The lowest BCUT2D eigenvalue weighted by Crippen LogP contribution is -2.51. The SMILES string of the molecule is Cc1ncc(-c2ccc(C(=O)Nc3nc4cc(N(C)C(=O)c5ccccc5)ccc4n3CCN3CC(O)C3)s2)o1. The smallest absolute Gasteiger partial charge is 0.268 e. The number of aliphatic hydroxyl groups is 1. The van der Waals surface area contributed by atoms with Gasteiger partial charge in [-0.3, -0.25) is 19.8 Å². The van der Waals surface area contributed by atoms with E-state index in [2.05, 4.69) is 15.2 Å². The highest BCUT2D eigenvalue weighted by Crippen LogP contribution is 2.30. The van der Waals surface area contributed by atoms with Crippen molar-refractivity contribution in [3.8, 4) is 10.6 Å². The average molecular weight is 557 g/mol. The number of benzene rings is 2. The van der Waals surface area contributed by atoms with Gasteiger partial charge in [-0.25, -0.2) is 9.97 Å². The highest BCUT2D eigenvalue weighted by Gasteiger charge is 2.25. The monoisotopic (exact) mass is 556 g/mol. The van der Waals surface area contributed by atoms with Crippen LogP contribution in [0.5, 0.6) is 0 Å². The first-order chi connectivity index (χ1) is 19.4. The summed E-state index contributed by atoms with van der Waals surface area (Å²) in [5.74, 6) is 1.20. The van der Waals surface area contributed by atoms with Crippen molar-refractivity contribution in [1.82, 2.24) is 19.4 Å². The predicted molar refractivity (Wildman–Crippen MR) is 154 cm³/mol. The molecule has 11 heteroatoms. The number of anilines is 2. The maximum atomic E-state index is 13.3. The summed E-state index contributed by atoms with van der Waals surface area (Å²) < 4.78 is 7.56. The lowest BCUT2D eigenvalue weighted by atomic mass is 10.2. The third-order valence-corrected chi connectivity index (χ3v) is 8.04. The number of aliphatic hydroxyl groups excluding tert-OH is 1. The number of carbonyl (C=O) groups is 2. The van der Waals surface area contributed by atoms with Gasteiger partial charge in [-0.2, -0.15) is 0 Å². The zero-order valence-electron chi connectivity index (χ0n) is 22.1. The first kappa shape index (κ1) is 25.9. The molecule has 40 heavy (non-hydrogen) atoms. The van der Waals surface area contributed by atoms with Crippen LogP contribution in [0.1, 0.15) is 25.9 Å². The molecule has 204 valence electrons. The van der Waals surface area contributed by atoms with Crippen molar-refractivity contribution in [3.63, 3.8) is 0 Å². The molecule has 10 nitrogen and oxygen atoms in total. The molecule has 1 fully saturated rings. The molecule has 2 N–H and O–H groups in total. The van der Waals surface area contributed by atoms with Crippen LogP contribution in [0.4, 0.5) is 11.6 Å². The summed E-state index contributed by atoms with van der Waals surface area (Å²) in [5.41, 5.74) is 2.79. The molecule has 0 atom stereocenters. The Kier molecular flexibility index (Phi) is 6.93. The highest BCUT2D eigenvalue weighted by atomic mass is 32.1. The summed E-state index contributed by atoms with van der Waals surface area (Å²) in [6, 6.07) is 18.4. The van der Waals surface area contributed by atoms with E-state index in [1.807, 2.05) is 47.0 Å². The number of carbonyl (C=O) groups excluding carboxylic acids is 2. The second kappa shape index (κ2) is 10.7. The summed E-state index contributed by atoms with van der Waals surface area (Å²) in [6.45, 7) is 4.31. The van der Waals surface area contributed by atoms with E-state index in [0.717, 1.165) is 10.4 Å². The number of amides is 2. The van der Waals surface area contributed by atoms with Crippen molar-refractivity contribution >= 4 is 45.8 Å². The number of thiophene rings is 1. The Hall–Kier alpha value is -4.32. The van der Waals surface area contributed by atoms with Crippen LogP contribution in [-0.2, 0) is 6.54 Å². The second-order valence-corrected chi connectivity index (χ2v) is 10.8. The summed E-state index contributed by atoms with van der Waals surface area (Å²) in [7, 11) is 1.73. The predicted octanol–water partition coefficient (Wildman–Crippen LogP) is 4.27. The number of oxazole rings is 1. The van der Waals surface area contributed by atoms with Crippen molar-refractivity contribution in [2.75, 3.05) is 36.9 Å². The normalized spacial score (nSPS) is 13.9. The second-order valence-electron chi connectivity index (χ2n) is 9.77. The van der Waals surface area contributed by atoms with Crippen molar-refractivity contribution in [2.45, 2.75) is 19.6 Å². The van der Waals surface area contributed by atoms with Crippen LogP contribution >= 0.6 is 11.3 Å². The number of rotatable bonds is 8. The first-order valence-corrected chi connectivity index (χ1v) is 13.7. The maximum absolute atomic E-state index is 13.3. The number of imidazole rings is 1. The van der Waals surface area contributed by atoms with Gasteiger partial charge in [0.15, 0.2) is 11.7 Å². The molecule has 1 aliphatic heterocycles. The number of fused-ring (bicyclic) bond motifs is 1. The molecule has 1 saturated heterocycles. The van der Waals surface area contributed by atoms with Gasteiger partial charge < -0.3 is 19.0 Å². The van der Waals surface area contributed by atoms with E-state index in [9.17, 15) is 14.7 Å². The van der Waals surface area contributed by atoms with Crippen LogP contribution in [0, 0.1) is 6.92 Å². The molecule has 6 rings (SSSR count). The quantitative estimate of drug-likeness (QED) is 0.293. The largest absolute Gasteiger partial charge is 0.440 e. The first-order valence-electron chi connectivity index (χ1n) is 12.9. The number of hydrogen-bond donors (Lipinski definition) is 2. The van der Waals surface area contributed by atoms with Crippen LogP contribution in [0.3, 0.4) is 0 Å². The highest BCUT2D eigenvalue weighted by molar-refractivity contribution is 7.17. The lowest BCUT2D eigenvalue weighted by molar-refractivity contribution is 0.000782. The molecule has 3 aromatic heterocycles. The Labute approximate surface area is 234 Å². The van der Waals surface area contributed by atoms with Crippen LogP contribution in [0.2, 0.25) is 0 Å². The molecule has 0 saturated carbocycles. The molecule has 0 unspecified atom stereocenters. The number of aromatic nitrogens is 3. The Morgan fingerprint density at radius 1 is 1.12 bits per heavy atom. The third-order valence-electron chi connectivity index (χ3n) is 6.94. The number of aryl methyl sites for hydroxylation is 1. The molecule has 0 aliphatic carbocycles. The van der Waals surface area contributed by atoms with E-state index in [1.54, 1.807) is 43.3 Å². The number of likely N-dealkylation sites (tertiary alicyclic amines) is 1. The van der Waals surface area contributed by atoms with Crippen molar-refractivity contribution in [3.05, 3.63) is 83.2 Å². The minimum absolute atomic E-state index is 0.125. The van der Waals surface area contributed by atoms with Crippen LogP contribution < -0.4 is 10.2 Å². The molecule has 5 aromatic rings. The zero-order chi connectivity index (χ0) is 27.8. The minimum Gasteiger partial charge on any atom is -0.440 e. The fourth-order valence-electron chi connectivity index (χ4n) is 4.74. The van der Waals surface area contributed by atoms with E-state index >= 15 is 0 Å². The minimum atomic E-state index is -0.292. The van der Waals surface area contributed by atoms with Gasteiger partial charge >= 0.3 is 0 Å². The Balaban J connectivity index is 1.28. The van der Waals surface area contributed by atoms with E-state index in [1.165, 1.54) is 11.3 Å². The molecular weight excluding hydrogens is 528 g/mol. The lowest BCUT2D eigenvalue weighted by Gasteiger charge is -2.35. The van der Waals surface area contributed by atoms with Gasteiger partial charge in [-0.15, -0.1) is 11.3 Å². The Morgan fingerprint density at radius 2 is 1.93 bits per heavy atom. The fourth-order valence-corrected chi connectivity index (χ4v) is 5.59. The van der Waals surface area contributed by atoms with E-state index in [4.69, 9.17) is 9.40 Å². The molecule has 1 aliphatic rings. The Morgan fingerprint density at radius 3 is 2.65 bits per heavy atom. The van der Waals surface area contributed by atoms with Gasteiger partial charge in [0.05, 0.1) is 33.1 Å². The van der Waals surface area contributed by atoms with E-state index < -0.39 is 0 Å². The zero-order valence-corrected chi connectivity index (χ0v) is 22.9. The molecule has 4 heterocycles. The molecule has 2 aromatic carbocycles. The summed E-state index contributed by atoms with van der Waals surface area (Å²) in [5, 5.41) is 12.7. The van der Waals surface area contributed by atoms with E-state index in [-0.39, 0.29) is 17.9 Å². The molecule has 0 spiro atoms. The molecule has 2 amide bonds. The van der Waals surface area contributed by atoms with Gasteiger partial charge in [0.2, 0.25) is 5.95 Å². The number of hydrogen-bond acceptors (Lipinski definition) is 8. The van der Waals surface area contributed by atoms with Gasteiger partial charge in [0.25, 0.3) is 11.8 Å². The third kappa shape index (κ3) is 5.14. The number of nitrogens with one attached hydrogen (secondary N) is 1. The van der Waals surface area contributed by atoms with Gasteiger partial charge in [-0.1, -0.05) is 18.2 Å². The van der Waals surface area contributed by atoms with Gasteiger partial charge in [0.1, 0.15) is 0 Å². The van der Waals surface area contributed by atoms with Crippen LogP contribution in [0.25, 0.3) is 21.7 Å². The van der Waals surface area contributed by atoms with Gasteiger partial charge in [0, 0.05) is 51.4 Å². The summed E-state index contributed by atoms with van der Waals surface area (Å²) in [6.07, 6.45) is 1.35. The van der Waals surface area contributed by atoms with Crippen molar-refractivity contribution < 1.29 is 19.1 Å². The van der Waals surface area contributed by atoms with Crippen molar-refractivity contribution in [1.29, 1.82) is 0 Å². The molecular formula is C29H28N6O4S. The standard InChI is InChI=1S/C29H28N6O4S/c1-18-30-15-24(39-18)25-10-11-26(40-25)27(37)32-29-31-22-14-20(33(2)28(38)19-6-4-3-5-7-19)8-9-23(22)35(29)13-12-34-16-21(36)17-34/h3-11,14-15,21,36H,12-13,16-17H2,1-2H3,(H,31,32,37).